The number of rotatable bonds is 23. The highest BCUT2D eigenvalue weighted by molar-refractivity contribution is 8.76. The number of nitrogens with zero attached hydrogens (tertiary/aromatic N) is 8. The minimum atomic E-state index is 0.744. The summed E-state index contributed by atoms with van der Waals surface area (Å²) in [6, 6.07) is 33.0. The number of quaternary nitrogens is 2. The Balaban J connectivity index is 1.22. The van der Waals surface area contributed by atoms with E-state index in [1.165, 1.54) is 11.4 Å². The number of hydrogen-bond acceptors (Lipinski definition) is 10. The van der Waals surface area contributed by atoms with Gasteiger partial charge in [0.25, 0.3) is 0 Å². The van der Waals surface area contributed by atoms with Gasteiger partial charge in [-0.25, -0.2) is 0 Å². The van der Waals surface area contributed by atoms with Crippen LogP contribution in [0.5, 0.6) is 0 Å². The molecule has 0 saturated heterocycles. The quantitative estimate of drug-likeness (QED) is 0.0442. The summed E-state index contributed by atoms with van der Waals surface area (Å²) >= 11 is 0. The molecule has 0 atom stereocenters. The molecule has 0 saturated carbocycles. The van der Waals surface area contributed by atoms with E-state index >= 15 is 0 Å². The maximum Gasteiger partial charge on any atom is 0.0960 e. The topological polar surface area (TPSA) is 108 Å². The van der Waals surface area contributed by atoms with Crippen molar-refractivity contribution in [2.45, 2.75) is 36.5 Å². The monoisotopic (exact) mass is 770 g/mol. The van der Waals surface area contributed by atoms with Crippen LogP contribution in [-0.4, -0.2) is 103 Å². The third kappa shape index (κ3) is 14.8. The highest BCUT2D eigenvalue weighted by Crippen LogP contribution is 2.38. The molecule has 0 fully saturated rings. The highest BCUT2D eigenvalue weighted by atomic mass is 33.1. The lowest BCUT2D eigenvalue weighted by Crippen LogP contribution is -2.46. The normalized spacial score (nSPS) is 12.2. The number of azo groups is 2. The molecule has 12 heteroatoms. The second kappa shape index (κ2) is 21.9. The first-order valence-corrected chi connectivity index (χ1v) is 21.3. The van der Waals surface area contributed by atoms with Crippen LogP contribution in [0.15, 0.2) is 127 Å². The van der Waals surface area contributed by atoms with Crippen molar-refractivity contribution >= 4 is 55.7 Å². The molecule has 4 rings (SSSR count). The van der Waals surface area contributed by atoms with E-state index in [2.05, 4.69) is 121 Å². The minimum absolute atomic E-state index is 0.744. The van der Waals surface area contributed by atoms with Crippen molar-refractivity contribution in [3.63, 3.8) is 0 Å². The van der Waals surface area contributed by atoms with Crippen LogP contribution in [0.4, 0.5) is 34.1 Å². The Morgan fingerprint density at radius 2 is 0.759 bits per heavy atom. The van der Waals surface area contributed by atoms with Crippen molar-refractivity contribution in [1.29, 1.82) is 0 Å². The molecule has 0 spiro atoms. The number of likely N-dealkylation sites (N-methyl/N-ethyl adjacent to an activating group) is 4. The van der Waals surface area contributed by atoms with E-state index in [-0.39, 0.29) is 0 Å². The first kappa shape index (κ1) is 43.0. The molecule has 54 heavy (non-hydrogen) atoms. The van der Waals surface area contributed by atoms with Crippen molar-refractivity contribution in [3.8, 4) is 0 Å². The van der Waals surface area contributed by atoms with Gasteiger partial charge in [-0.3, -0.25) is 0 Å². The van der Waals surface area contributed by atoms with Crippen molar-refractivity contribution in [2.24, 2.45) is 31.9 Å². The van der Waals surface area contributed by atoms with Gasteiger partial charge in [-0.05, 0) is 124 Å². The summed E-state index contributed by atoms with van der Waals surface area (Å²) in [5.74, 6) is 0. The number of nitrogens with two attached hydrogens (primary N) is 2. The maximum atomic E-state index is 5.73. The van der Waals surface area contributed by atoms with Gasteiger partial charge >= 0.3 is 0 Å². The standard InChI is InChI=1S/C42H62N10S2/c1-7-49(29-33-51(3,4)31-9-27-43)39-19-11-35(12-20-39)45-47-37-15-23-41(24-16-37)53-54-42-25-17-38(18-26-42)48-46-36-13-21-40(22-14-36)50(8-2)30-34-52(5,6)32-10-28-44/h11-26H,7-10,27-34,43-44H2,1-6H3/q+2. The Labute approximate surface area is 332 Å². The summed E-state index contributed by atoms with van der Waals surface area (Å²) in [5.41, 5.74) is 17.2. The van der Waals surface area contributed by atoms with Crippen LogP contribution in [0, 0.1) is 0 Å². The van der Waals surface area contributed by atoms with Crippen molar-refractivity contribution < 1.29 is 8.97 Å². The lowest BCUT2D eigenvalue weighted by Gasteiger charge is -2.33. The first-order valence-electron chi connectivity index (χ1n) is 19.2. The molecule has 0 aromatic heterocycles. The van der Waals surface area contributed by atoms with Crippen molar-refractivity contribution in [2.75, 3.05) is 103 Å². The van der Waals surface area contributed by atoms with Gasteiger partial charge in [0, 0.05) is 47.1 Å². The molecule has 4 aromatic carbocycles. The van der Waals surface area contributed by atoms with Gasteiger partial charge in [-0.15, -0.1) is 0 Å². The summed E-state index contributed by atoms with van der Waals surface area (Å²) in [6.45, 7) is 14.2. The molecular formula is C42H62N10S2+2. The first-order chi connectivity index (χ1) is 26.0. The van der Waals surface area contributed by atoms with Gasteiger partial charge in [0.05, 0.1) is 90.2 Å². The Morgan fingerprint density at radius 3 is 1.04 bits per heavy atom. The molecule has 0 heterocycles. The summed E-state index contributed by atoms with van der Waals surface area (Å²) in [4.78, 5) is 7.12. The predicted molar refractivity (Wildman–Crippen MR) is 233 cm³/mol. The molecule has 0 unspecified atom stereocenters. The Morgan fingerprint density at radius 1 is 0.463 bits per heavy atom. The van der Waals surface area contributed by atoms with Crippen LogP contribution in [0.25, 0.3) is 0 Å². The molecular weight excluding hydrogens is 709 g/mol. The minimum Gasteiger partial charge on any atom is -0.366 e. The largest absolute Gasteiger partial charge is 0.366 e. The fraction of sp³-hybridized carbons (Fsp3) is 0.429. The maximum absolute atomic E-state index is 5.73. The molecule has 0 aliphatic rings. The van der Waals surface area contributed by atoms with Crippen LogP contribution in [-0.2, 0) is 0 Å². The van der Waals surface area contributed by atoms with Gasteiger partial charge < -0.3 is 30.2 Å². The summed E-state index contributed by atoms with van der Waals surface area (Å²) in [5, 5.41) is 17.9. The number of anilines is 2. The Hall–Kier alpha value is -3.78. The number of hydrogen-bond donors (Lipinski definition) is 2. The molecule has 0 aliphatic heterocycles. The van der Waals surface area contributed by atoms with Crippen LogP contribution < -0.4 is 21.3 Å². The van der Waals surface area contributed by atoms with E-state index in [1.54, 1.807) is 21.6 Å². The molecule has 4 aromatic rings. The average molecular weight is 771 g/mol. The van der Waals surface area contributed by atoms with Gasteiger partial charge in [-0.2, -0.15) is 20.5 Å². The van der Waals surface area contributed by atoms with E-state index in [9.17, 15) is 0 Å². The summed E-state index contributed by atoms with van der Waals surface area (Å²) in [7, 11) is 12.5. The van der Waals surface area contributed by atoms with Crippen LogP contribution >= 0.6 is 21.6 Å². The summed E-state index contributed by atoms with van der Waals surface area (Å²) in [6.07, 6.45) is 2.10. The zero-order valence-electron chi connectivity index (χ0n) is 33.3. The second-order valence-corrected chi connectivity index (χ2v) is 17.1. The number of benzene rings is 4. The SMILES string of the molecule is CCN(CC[N+](C)(C)CCCN)c1ccc(N=Nc2ccc(SSc3ccc(N=Nc4ccc(N(CC)CC[N+](C)(C)CCCN)cc4)cc3)cc2)cc1. The van der Waals surface area contributed by atoms with Crippen LogP contribution in [0.3, 0.4) is 0 Å². The zero-order valence-corrected chi connectivity index (χ0v) is 34.9. The van der Waals surface area contributed by atoms with Gasteiger partial charge in [0.2, 0.25) is 0 Å². The van der Waals surface area contributed by atoms with Crippen molar-refractivity contribution in [3.05, 3.63) is 97.1 Å². The molecule has 4 N–H and O–H groups in total. The lowest BCUT2D eigenvalue weighted by atomic mass is 10.2. The van der Waals surface area contributed by atoms with Crippen molar-refractivity contribution in [1.82, 2.24) is 0 Å². The van der Waals surface area contributed by atoms with E-state index in [0.717, 1.165) is 120 Å². The van der Waals surface area contributed by atoms with E-state index < -0.39 is 0 Å². The van der Waals surface area contributed by atoms with Gasteiger partial charge in [0.1, 0.15) is 0 Å². The Bertz CT molecular complexity index is 1580. The molecule has 0 amide bonds. The fourth-order valence-electron chi connectivity index (χ4n) is 5.91. The molecule has 0 bridgehead atoms. The van der Waals surface area contributed by atoms with Gasteiger partial charge in [0.15, 0.2) is 0 Å². The third-order valence-electron chi connectivity index (χ3n) is 9.55. The van der Waals surface area contributed by atoms with E-state index in [0.29, 0.717) is 0 Å². The molecule has 0 radical (unpaired) electrons. The van der Waals surface area contributed by atoms with E-state index in [1.807, 2.05) is 48.5 Å². The lowest BCUT2D eigenvalue weighted by molar-refractivity contribution is -0.888. The molecule has 290 valence electrons. The fourth-order valence-corrected chi connectivity index (χ4v) is 7.84. The van der Waals surface area contributed by atoms with Gasteiger partial charge in [-0.1, -0.05) is 21.6 Å². The Kier molecular flexibility index (Phi) is 17.5. The van der Waals surface area contributed by atoms with E-state index in [4.69, 9.17) is 11.5 Å². The highest BCUT2D eigenvalue weighted by Gasteiger charge is 2.17. The predicted octanol–water partition coefficient (Wildman–Crippen LogP) is 9.82. The average Bonchev–Trinajstić information content (AvgIpc) is 3.19. The second-order valence-electron chi connectivity index (χ2n) is 14.8. The molecule has 0 aliphatic carbocycles. The smallest absolute Gasteiger partial charge is 0.0960 e. The van der Waals surface area contributed by atoms with Crippen LogP contribution in [0.1, 0.15) is 26.7 Å². The molecule has 10 nitrogen and oxygen atoms in total. The third-order valence-corrected chi connectivity index (χ3v) is 12.0. The summed E-state index contributed by atoms with van der Waals surface area (Å²) < 4.78 is 1.95. The van der Waals surface area contributed by atoms with Crippen LogP contribution in [0.2, 0.25) is 0 Å². The zero-order chi connectivity index (χ0) is 38.8.